The quantitative estimate of drug-likeness (QED) is 0.823. The normalized spacial score (nSPS) is 23.6. The lowest BCUT2D eigenvalue weighted by Crippen LogP contribution is -2.38. The SMILES string of the molecule is COC[C@@H]1C[C@H](OC)CN1S(=O)(=O)c1ccc(F)cc1Cl. The van der Waals surface area contributed by atoms with E-state index in [2.05, 4.69) is 0 Å². The van der Waals surface area contributed by atoms with Crippen molar-refractivity contribution in [1.82, 2.24) is 4.31 Å². The van der Waals surface area contributed by atoms with Crippen LogP contribution in [-0.4, -0.2) is 52.2 Å². The second-order valence-corrected chi connectivity index (χ2v) is 7.12. The predicted octanol–water partition coefficient (Wildman–Crippen LogP) is 1.90. The highest BCUT2D eigenvalue weighted by molar-refractivity contribution is 7.89. The predicted molar refractivity (Wildman–Crippen MR) is 76.4 cm³/mol. The average molecular weight is 338 g/mol. The van der Waals surface area contributed by atoms with Crippen molar-refractivity contribution in [3.63, 3.8) is 0 Å². The highest BCUT2D eigenvalue weighted by Gasteiger charge is 2.41. The molecule has 0 amide bonds. The van der Waals surface area contributed by atoms with E-state index >= 15 is 0 Å². The van der Waals surface area contributed by atoms with Crippen molar-refractivity contribution in [1.29, 1.82) is 0 Å². The van der Waals surface area contributed by atoms with Crippen molar-refractivity contribution in [2.24, 2.45) is 0 Å². The summed E-state index contributed by atoms with van der Waals surface area (Å²) in [6.45, 7) is 0.485. The van der Waals surface area contributed by atoms with Gasteiger partial charge in [-0.3, -0.25) is 0 Å². The summed E-state index contributed by atoms with van der Waals surface area (Å²) in [4.78, 5) is -0.108. The molecule has 8 heteroatoms. The number of sulfonamides is 1. The molecule has 0 radical (unpaired) electrons. The molecule has 1 aliphatic rings. The van der Waals surface area contributed by atoms with E-state index in [0.717, 1.165) is 12.1 Å². The summed E-state index contributed by atoms with van der Waals surface area (Å²) in [5.41, 5.74) is 0. The van der Waals surface area contributed by atoms with Crippen molar-refractivity contribution in [3.05, 3.63) is 29.0 Å². The molecule has 0 spiro atoms. The van der Waals surface area contributed by atoms with E-state index in [0.29, 0.717) is 6.42 Å². The van der Waals surface area contributed by atoms with Crippen LogP contribution in [0.25, 0.3) is 0 Å². The first-order valence-electron chi connectivity index (χ1n) is 6.38. The van der Waals surface area contributed by atoms with Crippen LogP contribution in [0.4, 0.5) is 4.39 Å². The van der Waals surface area contributed by atoms with Crippen molar-refractivity contribution in [2.45, 2.75) is 23.5 Å². The number of methoxy groups -OCH3 is 2. The highest BCUT2D eigenvalue weighted by Crippen LogP contribution is 2.31. The molecule has 1 aromatic carbocycles. The standard InChI is InChI=1S/C13H17ClFNO4S/c1-19-8-10-6-11(20-2)7-16(10)21(17,18)13-4-3-9(15)5-12(13)14/h3-5,10-11H,6-8H2,1-2H3/t10-,11-/m0/s1. The molecule has 21 heavy (non-hydrogen) atoms. The van der Waals surface area contributed by atoms with Crippen molar-refractivity contribution in [2.75, 3.05) is 27.4 Å². The Kier molecular flexibility index (Phi) is 5.21. The minimum atomic E-state index is -3.83. The lowest BCUT2D eigenvalue weighted by atomic mass is 10.2. The van der Waals surface area contributed by atoms with Gasteiger partial charge in [-0.1, -0.05) is 11.6 Å². The summed E-state index contributed by atoms with van der Waals surface area (Å²) in [6, 6.07) is 2.92. The van der Waals surface area contributed by atoms with E-state index in [9.17, 15) is 12.8 Å². The van der Waals surface area contributed by atoms with Crippen LogP contribution in [0.1, 0.15) is 6.42 Å². The van der Waals surface area contributed by atoms with Gasteiger partial charge in [-0.15, -0.1) is 0 Å². The summed E-state index contributed by atoms with van der Waals surface area (Å²) < 4.78 is 50.2. The van der Waals surface area contributed by atoms with E-state index in [4.69, 9.17) is 21.1 Å². The number of nitrogens with zero attached hydrogens (tertiary/aromatic N) is 1. The third-order valence-electron chi connectivity index (χ3n) is 3.50. The Morgan fingerprint density at radius 1 is 1.43 bits per heavy atom. The smallest absolute Gasteiger partial charge is 0.244 e. The van der Waals surface area contributed by atoms with Crippen LogP contribution in [0.2, 0.25) is 5.02 Å². The van der Waals surface area contributed by atoms with Crippen LogP contribution in [0, 0.1) is 5.82 Å². The van der Waals surface area contributed by atoms with Gasteiger partial charge in [-0.2, -0.15) is 4.31 Å². The Labute approximate surface area is 128 Å². The molecule has 1 fully saturated rings. The van der Waals surface area contributed by atoms with Crippen molar-refractivity contribution >= 4 is 21.6 Å². The first kappa shape index (κ1) is 16.6. The van der Waals surface area contributed by atoms with Gasteiger partial charge in [-0.05, 0) is 24.6 Å². The molecule has 0 bridgehead atoms. The maximum Gasteiger partial charge on any atom is 0.244 e. The van der Waals surface area contributed by atoms with Crippen LogP contribution in [-0.2, 0) is 19.5 Å². The number of benzene rings is 1. The maximum atomic E-state index is 13.1. The molecule has 5 nitrogen and oxygen atoms in total. The molecule has 0 saturated carbocycles. The molecule has 1 heterocycles. The fraction of sp³-hybridized carbons (Fsp3) is 0.538. The minimum Gasteiger partial charge on any atom is -0.383 e. The molecule has 2 rings (SSSR count). The van der Waals surface area contributed by atoms with Crippen LogP contribution in [0.3, 0.4) is 0 Å². The van der Waals surface area contributed by atoms with Crippen LogP contribution >= 0.6 is 11.6 Å². The molecule has 118 valence electrons. The number of rotatable bonds is 5. The Balaban J connectivity index is 2.37. The first-order chi connectivity index (χ1) is 9.90. The van der Waals surface area contributed by atoms with Gasteiger partial charge >= 0.3 is 0 Å². The molecular formula is C13H17ClFNO4S. The van der Waals surface area contributed by atoms with E-state index in [1.54, 1.807) is 0 Å². The van der Waals surface area contributed by atoms with E-state index < -0.39 is 15.8 Å². The van der Waals surface area contributed by atoms with Crippen LogP contribution in [0.5, 0.6) is 0 Å². The van der Waals surface area contributed by atoms with Gasteiger partial charge in [0.05, 0.1) is 23.8 Å². The summed E-state index contributed by atoms with van der Waals surface area (Å²) in [7, 11) is -0.779. The number of hydrogen-bond acceptors (Lipinski definition) is 4. The van der Waals surface area contributed by atoms with Gasteiger partial charge in [0.25, 0.3) is 0 Å². The fourth-order valence-corrected chi connectivity index (χ4v) is 4.62. The van der Waals surface area contributed by atoms with Gasteiger partial charge in [0.1, 0.15) is 10.7 Å². The molecule has 0 aromatic heterocycles. The molecule has 1 saturated heterocycles. The zero-order valence-electron chi connectivity index (χ0n) is 11.8. The fourth-order valence-electron chi connectivity index (χ4n) is 2.46. The number of hydrogen-bond donors (Lipinski definition) is 0. The Hall–Kier alpha value is -0.730. The number of ether oxygens (including phenoxy) is 2. The Morgan fingerprint density at radius 3 is 2.71 bits per heavy atom. The molecule has 0 N–H and O–H groups in total. The van der Waals surface area contributed by atoms with Gasteiger partial charge in [-0.25, -0.2) is 12.8 Å². The monoisotopic (exact) mass is 337 g/mol. The van der Waals surface area contributed by atoms with Gasteiger partial charge in [0.15, 0.2) is 0 Å². The van der Waals surface area contributed by atoms with E-state index in [1.165, 1.54) is 24.6 Å². The van der Waals surface area contributed by atoms with Gasteiger partial charge in [0.2, 0.25) is 10.0 Å². The lowest BCUT2D eigenvalue weighted by molar-refractivity contribution is 0.110. The third kappa shape index (κ3) is 3.37. The maximum absolute atomic E-state index is 13.1. The zero-order chi connectivity index (χ0) is 15.6. The molecule has 1 aliphatic heterocycles. The zero-order valence-corrected chi connectivity index (χ0v) is 13.3. The van der Waals surface area contributed by atoms with Crippen LogP contribution < -0.4 is 0 Å². The average Bonchev–Trinajstić information content (AvgIpc) is 2.82. The first-order valence-corrected chi connectivity index (χ1v) is 8.20. The second-order valence-electron chi connectivity index (χ2n) is 4.85. The highest BCUT2D eigenvalue weighted by atomic mass is 35.5. The largest absolute Gasteiger partial charge is 0.383 e. The minimum absolute atomic E-state index is 0.108. The second kappa shape index (κ2) is 6.58. The summed E-state index contributed by atoms with van der Waals surface area (Å²) in [5.74, 6) is -0.580. The molecular weight excluding hydrogens is 321 g/mol. The molecule has 2 atom stereocenters. The third-order valence-corrected chi connectivity index (χ3v) is 5.90. The Morgan fingerprint density at radius 2 is 2.14 bits per heavy atom. The Bertz CT molecular complexity index is 610. The van der Waals surface area contributed by atoms with Crippen molar-refractivity contribution in [3.8, 4) is 0 Å². The lowest BCUT2D eigenvalue weighted by Gasteiger charge is -2.23. The topological polar surface area (TPSA) is 55.8 Å². The van der Waals surface area contributed by atoms with Crippen molar-refractivity contribution < 1.29 is 22.3 Å². The summed E-state index contributed by atoms with van der Waals surface area (Å²) in [5, 5.41) is -0.132. The number of halogens is 2. The van der Waals surface area contributed by atoms with Gasteiger partial charge in [0, 0.05) is 20.8 Å². The van der Waals surface area contributed by atoms with Crippen LogP contribution in [0.15, 0.2) is 23.1 Å². The molecule has 0 aliphatic carbocycles. The molecule has 1 aromatic rings. The van der Waals surface area contributed by atoms with Gasteiger partial charge < -0.3 is 9.47 Å². The summed E-state index contributed by atoms with van der Waals surface area (Å²) in [6.07, 6.45) is 0.349. The molecule has 0 unspecified atom stereocenters. The summed E-state index contributed by atoms with van der Waals surface area (Å²) >= 11 is 5.88. The van der Waals surface area contributed by atoms with E-state index in [1.807, 2.05) is 0 Å². The van der Waals surface area contributed by atoms with E-state index in [-0.39, 0.29) is 35.2 Å².